The molecule has 0 saturated carbocycles. The van der Waals surface area contributed by atoms with Crippen LogP contribution >= 0.6 is 0 Å². The highest BCUT2D eigenvalue weighted by Crippen LogP contribution is 2.50. The van der Waals surface area contributed by atoms with E-state index in [1.54, 1.807) is 0 Å². The molecule has 0 aromatic carbocycles. The molecule has 3 rings (SSSR count). The summed E-state index contributed by atoms with van der Waals surface area (Å²) in [4.78, 5) is 14.3. The lowest BCUT2D eigenvalue weighted by molar-refractivity contribution is -0.145. The van der Waals surface area contributed by atoms with Crippen LogP contribution in [0.15, 0.2) is 11.6 Å². The van der Waals surface area contributed by atoms with Crippen molar-refractivity contribution < 1.29 is 15.6 Å². The van der Waals surface area contributed by atoms with Crippen molar-refractivity contribution in [1.82, 2.24) is 4.90 Å². The molecule has 1 aliphatic carbocycles. The first-order valence-electron chi connectivity index (χ1n) is 8.45. The van der Waals surface area contributed by atoms with Gasteiger partial charge in [-0.1, -0.05) is 11.6 Å². The van der Waals surface area contributed by atoms with Crippen molar-refractivity contribution in [3.63, 3.8) is 0 Å². The Balaban J connectivity index is 1.90. The lowest BCUT2D eigenvalue weighted by Crippen LogP contribution is -2.34. The van der Waals surface area contributed by atoms with Crippen molar-refractivity contribution in [2.24, 2.45) is 11.8 Å². The number of nitrogens with zero attached hydrogens (tertiary/aromatic N) is 1. The topological polar surface area (TPSA) is 42.1 Å². The standard InChI is InChI=1S/C17H27NO3/c1-11-6-5-9-17(2)15(21-17)14-12(8-7-11)13(10-18(3)4)16(19)20-14/h6,12-15H,5,7-10H2,1-4H3/b11-6+/t12-,13-,14-,15-,17+/m0/s1/i13D. The lowest BCUT2D eigenvalue weighted by Gasteiger charge is -2.23. The highest BCUT2D eigenvalue weighted by molar-refractivity contribution is 5.75. The Morgan fingerprint density at radius 2 is 2.29 bits per heavy atom. The molecule has 118 valence electrons. The lowest BCUT2D eigenvalue weighted by atomic mass is 9.80. The molecule has 2 saturated heterocycles. The van der Waals surface area contributed by atoms with Gasteiger partial charge in [0, 0.05) is 13.8 Å². The number of hydrogen-bond acceptors (Lipinski definition) is 4. The van der Waals surface area contributed by atoms with E-state index in [0.29, 0.717) is 6.54 Å². The fourth-order valence-corrected chi connectivity index (χ4v) is 3.73. The zero-order chi connectivity index (χ0) is 16.1. The van der Waals surface area contributed by atoms with Crippen molar-refractivity contribution in [1.29, 1.82) is 0 Å². The van der Waals surface area contributed by atoms with Crippen LogP contribution < -0.4 is 0 Å². The average molecular weight is 294 g/mol. The minimum atomic E-state index is -1.18. The minimum absolute atomic E-state index is 0.0392. The number of carbonyl (C=O) groups excluding carboxylic acids is 1. The number of fused-ring (bicyclic) bond motifs is 3. The molecule has 5 atom stereocenters. The number of carbonyl (C=O) groups is 1. The monoisotopic (exact) mass is 294 g/mol. The Bertz CT molecular complexity index is 506. The molecule has 4 heteroatoms. The molecule has 0 aromatic heterocycles. The van der Waals surface area contributed by atoms with E-state index in [1.807, 2.05) is 19.0 Å². The van der Waals surface area contributed by atoms with E-state index in [2.05, 4.69) is 19.9 Å². The molecule has 0 spiro atoms. The van der Waals surface area contributed by atoms with E-state index in [0.717, 1.165) is 25.7 Å². The third kappa shape index (κ3) is 2.88. The molecule has 2 fully saturated rings. The third-order valence-electron chi connectivity index (χ3n) is 5.06. The van der Waals surface area contributed by atoms with E-state index < -0.39 is 5.89 Å². The second-order valence-electron chi connectivity index (χ2n) is 7.22. The summed E-state index contributed by atoms with van der Waals surface area (Å²) >= 11 is 0. The molecule has 2 heterocycles. The van der Waals surface area contributed by atoms with Crippen LogP contribution in [0.3, 0.4) is 0 Å². The van der Waals surface area contributed by atoms with Gasteiger partial charge in [0.2, 0.25) is 0 Å². The predicted molar refractivity (Wildman–Crippen MR) is 80.9 cm³/mol. The number of hydrogen-bond donors (Lipinski definition) is 0. The summed E-state index contributed by atoms with van der Waals surface area (Å²) in [5, 5.41) is 0. The van der Waals surface area contributed by atoms with Gasteiger partial charge in [0.15, 0.2) is 0 Å². The van der Waals surface area contributed by atoms with Gasteiger partial charge in [-0.05, 0) is 53.6 Å². The van der Waals surface area contributed by atoms with E-state index in [4.69, 9.17) is 10.8 Å². The minimum Gasteiger partial charge on any atom is -0.459 e. The molecule has 0 N–H and O–H groups in total. The van der Waals surface area contributed by atoms with Gasteiger partial charge in [-0.3, -0.25) is 4.79 Å². The molecule has 4 nitrogen and oxygen atoms in total. The van der Waals surface area contributed by atoms with Gasteiger partial charge in [0.05, 0.1) is 11.5 Å². The third-order valence-corrected chi connectivity index (χ3v) is 5.06. The number of rotatable bonds is 2. The highest BCUT2D eigenvalue weighted by Gasteiger charge is 2.62. The normalized spacial score (nSPS) is 49.6. The van der Waals surface area contributed by atoms with Crippen LogP contribution in [0.2, 0.25) is 0 Å². The van der Waals surface area contributed by atoms with E-state index in [-0.39, 0.29) is 29.7 Å². The maximum Gasteiger partial charge on any atom is 0.311 e. The summed E-state index contributed by atoms with van der Waals surface area (Å²) in [6, 6.07) is 0. The van der Waals surface area contributed by atoms with Crippen LogP contribution in [0.1, 0.15) is 40.9 Å². The summed E-state index contributed by atoms with van der Waals surface area (Å²) in [6.45, 7) is 4.64. The molecule has 2 aliphatic heterocycles. The van der Waals surface area contributed by atoms with Gasteiger partial charge in [-0.2, -0.15) is 0 Å². The SMILES string of the molecule is [2H][C@@]1(CN(C)C)C(=O)O[C@H]2[C@H]1CC/C(C)=C/CC[C@@]1(C)O[C@@H]21. The van der Waals surface area contributed by atoms with Gasteiger partial charge in [0.1, 0.15) is 12.2 Å². The maximum atomic E-state index is 12.4. The Kier molecular flexibility index (Phi) is 3.54. The van der Waals surface area contributed by atoms with Crippen LogP contribution in [0.25, 0.3) is 0 Å². The van der Waals surface area contributed by atoms with Crippen molar-refractivity contribution >= 4 is 5.97 Å². The Morgan fingerprint density at radius 3 is 3.00 bits per heavy atom. The van der Waals surface area contributed by atoms with Crippen LogP contribution in [0.4, 0.5) is 0 Å². The summed E-state index contributed by atoms with van der Waals surface area (Å²) in [6.07, 6.45) is 5.67. The molecule has 0 bridgehead atoms. The summed E-state index contributed by atoms with van der Waals surface area (Å²) in [5.41, 5.74) is 1.15. The number of epoxide rings is 1. The Hall–Kier alpha value is -0.870. The molecule has 0 radical (unpaired) electrons. The number of esters is 1. The number of ether oxygens (including phenoxy) is 2. The van der Waals surface area contributed by atoms with Gasteiger partial charge < -0.3 is 14.4 Å². The van der Waals surface area contributed by atoms with Gasteiger partial charge in [-0.15, -0.1) is 0 Å². The van der Waals surface area contributed by atoms with Crippen LogP contribution in [0, 0.1) is 11.8 Å². The van der Waals surface area contributed by atoms with Crippen LogP contribution in [-0.4, -0.2) is 49.3 Å². The van der Waals surface area contributed by atoms with E-state index in [9.17, 15) is 4.79 Å². The van der Waals surface area contributed by atoms with E-state index in [1.165, 1.54) is 5.57 Å². The Morgan fingerprint density at radius 1 is 1.52 bits per heavy atom. The molecule has 0 unspecified atom stereocenters. The summed E-state index contributed by atoms with van der Waals surface area (Å²) < 4.78 is 20.4. The fraction of sp³-hybridized carbons (Fsp3) is 0.824. The first-order valence-corrected chi connectivity index (χ1v) is 7.95. The zero-order valence-corrected chi connectivity index (χ0v) is 13.5. The van der Waals surface area contributed by atoms with Gasteiger partial charge in [0.25, 0.3) is 0 Å². The second-order valence-corrected chi connectivity index (χ2v) is 7.22. The first-order chi connectivity index (χ1) is 10.3. The molecule has 0 amide bonds. The smallest absolute Gasteiger partial charge is 0.311 e. The number of allylic oxidation sites excluding steroid dienone is 2. The van der Waals surface area contributed by atoms with Crippen LogP contribution in [0.5, 0.6) is 0 Å². The highest BCUT2D eigenvalue weighted by atomic mass is 16.6. The van der Waals surface area contributed by atoms with E-state index >= 15 is 0 Å². The quantitative estimate of drug-likeness (QED) is 0.445. The summed E-state index contributed by atoms with van der Waals surface area (Å²) in [5.74, 6) is -1.66. The first kappa shape index (κ1) is 13.8. The van der Waals surface area contributed by atoms with Crippen LogP contribution in [-0.2, 0) is 14.3 Å². The van der Waals surface area contributed by atoms with Crippen molar-refractivity contribution in [2.75, 3.05) is 20.6 Å². The largest absolute Gasteiger partial charge is 0.459 e. The molecular formula is C17H27NO3. The van der Waals surface area contributed by atoms with Gasteiger partial charge in [-0.25, -0.2) is 0 Å². The summed E-state index contributed by atoms with van der Waals surface area (Å²) in [7, 11) is 3.81. The average Bonchev–Trinajstić information content (AvgIpc) is 3.00. The molecule has 0 aromatic rings. The maximum absolute atomic E-state index is 12.4. The zero-order valence-electron chi connectivity index (χ0n) is 14.5. The molecular weight excluding hydrogens is 266 g/mol. The molecule has 3 aliphatic rings. The predicted octanol–water partition coefficient (Wildman–Crippen LogP) is 2.38. The fourth-order valence-electron chi connectivity index (χ4n) is 3.73. The van der Waals surface area contributed by atoms with Crippen molar-refractivity contribution in [2.45, 2.75) is 57.3 Å². The van der Waals surface area contributed by atoms with Crippen molar-refractivity contribution in [3.05, 3.63) is 11.6 Å². The molecule has 21 heavy (non-hydrogen) atoms. The Labute approximate surface area is 128 Å². The van der Waals surface area contributed by atoms with Crippen molar-refractivity contribution in [3.8, 4) is 0 Å². The second kappa shape index (κ2) is 5.40. The van der Waals surface area contributed by atoms with Gasteiger partial charge >= 0.3 is 5.97 Å².